The predicted octanol–water partition coefficient (Wildman–Crippen LogP) is 1.61. The van der Waals surface area contributed by atoms with Crippen molar-refractivity contribution in [3.8, 4) is 0 Å². The summed E-state index contributed by atoms with van der Waals surface area (Å²) in [6, 6.07) is 3.97. The number of nitrogens with zero attached hydrogens (tertiary/aromatic N) is 4. The first-order chi connectivity index (χ1) is 10.7. The second-order valence-corrected chi connectivity index (χ2v) is 6.49. The van der Waals surface area contributed by atoms with E-state index in [9.17, 15) is 9.90 Å². The van der Waals surface area contributed by atoms with Crippen LogP contribution in [-0.4, -0.2) is 43.8 Å². The van der Waals surface area contributed by atoms with Crippen LogP contribution in [0.1, 0.15) is 42.3 Å². The topological polar surface area (TPSA) is 71.2 Å². The molecule has 3 rings (SSSR count). The molecular weight excluding hydrogens is 300 g/mol. The summed E-state index contributed by atoms with van der Waals surface area (Å²) >= 11 is 1.68. The highest BCUT2D eigenvalue weighted by molar-refractivity contribution is 7.09. The van der Waals surface area contributed by atoms with Crippen LogP contribution in [-0.2, 0) is 17.8 Å². The number of aliphatic hydroxyl groups is 1. The highest BCUT2D eigenvalue weighted by Gasteiger charge is 2.29. The Hall–Kier alpha value is -1.73. The average molecular weight is 320 g/mol. The van der Waals surface area contributed by atoms with Crippen molar-refractivity contribution >= 4 is 17.2 Å². The second-order valence-electron chi connectivity index (χ2n) is 5.46. The van der Waals surface area contributed by atoms with Gasteiger partial charge in [0.1, 0.15) is 5.82 Å². The maximum absolute atomic E-state index is 11.9. The van der Waals surface area contributed by atoms with E-state index in [4.69, 9.17) is 0 Å². The van der Waals surface area contributed by atoms with Crippen molar-refractivity contribution in [1.82, 2.24) is 19.7 Å². The van der Waals surface area contributed by atoms with Crippen LogP contribution in [0.25, 0.3) is 0 Å². The van der Waals surface area contributed by atoms with E-state index in [-0.39, 0.29) is 18.6 Å². The summed E-state index contributed by atoms with van der Waals surface area (Å²) in [6.07, 6.45) is 2.20. The van der Waals surface area contributed by atoms with Gasteiger partial charge in [-0.05, 0) is 24.8 Å². The normalized spacial score (nSPS) is 16.5. The predicted molar refractivity (Wildman–Crippen MR) is 83.6 cm³/mol. The Morgan fingerprint density at radius 3 is 3.00 bits per heavy atom. The molecule has 1 aliphatic heterocycles. The maximum atomic E-state index is 11.9. The smallest absolute Gasteiger partial charge is 0.223 e. The Balaban J connectivity index is 1.84. The van der Waals surface area contributed by atoms with Crippen LogP contribution in [0.3, 0.4) is 0 Å². The number of carbonyl (C=O) groups is 1. The average Bonchev–Trinajstić information content (AvgIpc) is 3.21. The number of carbonyl (C=O) groups excluding carboxylic acids is 1. The van der Waals surface area contributed by atoms with E-state index in [0.717, 1.165) is 24.6 Å². The number of aliphatic hydroxyl groups excluding tert-OH is 1. The third-order valence-corrected chi connectivity index (χ3v) is 4.80. The highest BCUT2D eigenvalue weighted by Crippen LogP contribution is 2.25. The van der Waals surface area contributed by atoms with Crippen LogP contribution in [0, 0.1) is 0 Å². The van der Waals surface area contributed by atoms with Gasteiger partial charge in [-0.25, -0.2) is 9.67 Å². The third kappa shape index (κ3) is 3.05. The molecule has 2 aromatic rings. The molecule has 1 N–H and O–H groups in total. The number of hydrogen-bond donors (Lipinski definition) is 1. The largest absolute Gasteiger partial charge is 0.394 e. The molecule has 118 valence electrons. The lowest BCUT2D eigenvalue weighted by Gasteiger charge is -2.23. The molecule has 1 amide bonds. The van der Waals surface area contributed by atoms with Crippen LogP contribution in [0.5, 0.6) is 0 Å². The molecule has 1 aliphatic rings. The molecular formula is C15H20N4O2S. The summed E-state index contributed by atoms with van der Waals surface area (Å²) in [7, 11) is 0. The fourth-order valence-electron chi connectivity index (χ4n) is 2.83. The van der Waals surface area contributed by atoms with E-state index in [0.29, 0.717) is 19.4 Å². The summed E-state index contributed by atoms with van der Waals surface area (Å²) in [4.78, 5) is 19.6. The zero-order valence-electron chi connectivity index (χ0n) is 12.6. The Kier molecular flexibility index (Phi) is 4.54. The monoisotopic (exact) mass is 320 g/mol. The van der Waals surface area contributed by atoms with Crippen molar-refractivity contribution in [3.63, 3.8) is 0 Å². The minimum atomic E-state index is -0.105. The number of hydrogen-bond acceptors (Lipinski definition) is 5. The zero-order valence-corrected chi connectivity index (χ0v) is 13.4. The van der Waals surface area contributed by atoms with Gasteiger partial charge in [-0.15, -0.1) is 11.3 Å². The lowest BCUT2D eigenvalue weighted by molar-refractivity contribution is -0.129. The third-order valence-electron chi connectivity index (χ3n) is 3.92. The van der Waals surface area contributed by atoms with E-state index < -0.39 is 0 Å². The van der Waals surface area contributed by atoms with Gasteiger partial charge in [0.2, 0.25) is 5.91 Å². The summed E-state index contributed by atoms with van der Waals surface area (Å²) in [6.45, 7) is 3.16. The summed E-state index contributed by atoms with van der Waals surface area (Å²) in [5.74, 6) is 1.67. The summed E-state index contributed by atoms with van der Waals surface area (Å²) in [5, 5.41) is 15.8. The van der Waals surface area contributed by atoms with Gasteiger partial charge in [0.25, 0.3) is 0 Å². The maximum Gasteiger partial charge on any atom is 0.223 e. The fourth-order valence-corrected chi connectivity index (χ4v) is 3.53. The first-order valence-electron chi connectivity index (χ1n) is 7.55. The Morgan fingerprint density at radius 2 is 2.36 bits per heavy atom. The van der Waals surface area contributed by atoms with E-state index in [2.05, 4.69) is 16.1 Å². The lowest BCUT2D eigenvalue weighted by Crippen LogP contribution is -2.30. The summed E-state index contributed by atoms with van der Waals surface area (Å²) < 4.78 is 1.74. The molecule has 2 aromatic heterocycles. The zero-order chi connectivity index (χ0) is 15.5. The van der Waals surface area contributed by atoms with E-state index >= 15 is 0 Å². The van der Waals surface area contributed by atoms with Crippen molar-refractivity contribution in [1.29, 1.82) is 0 Å². The molecule has 0 radical (unpaired) electrons. The second kappa shape index (κ2) is 6.58. The lowest BCUT2D eigenvalue weighted by atomic mass is 10.2. The molecule has 0 bridgehead atoms. The fraction of sp³-hybridized carbons (Fsp3) is 0.533. The van der Waals surface area contributed by atoms with E-state index in [1.54, 1.807) is 16.0 Å². The number of rotatable bonds is 6. The molecule has 0 spiro atoms. The molecule has 0 aliphatic carbocycles. The summed E-state index contributed by atoms with van der Waals surface area (Å²) in [5.41, 5.74) is 0. The Labute approximate surface area is 133 Å². The van der Waals surface area contributed by atoms with Crippen LogP contribution in [0.2, 0.25) is 0 Å². The van der Waals surface area contributed by atoms with E-state index in [1.807, 2.05) is 23.3 Å². The van der Waals surface area contributed by atoms with Gasteiger partial charge in [-0.1, -0.05) is 6.07 Å². The number of aromatic nitrogens is 3. The molecule has 7 heteroatoms. The first-order valence-corrected chi connectivity index (χ1v) is 8.43. The van der Waals surface area contributed by atoms with Gasteiger partial charge in [0, 0.05) is 24.3 Å². The standard InChI is InChI=1S/C15H20N4O2S/c1-11(18-6-2-5-14(18)21)15-16-13(17-19(15)7-8-20)10-12-4-3-9-22-12/h3-4,9,11,20H,2,5-8,10H2,1H3. The molecule has 1 unspecified atom stereocenters. The minimum Gasteiger partial charge on any atom is -0.394 e. The number of thiophene rings is 1. The van der Waals surface area contributed by atoms with Crippen LogP contribution < -0.4 is 0 Å². The SMILES string of the molecule is CC(c1nc(Cc2cccs2)nn1CCO)N1CCCC1=O. The molecule has 1 fully saturated rings. The first kappa shape index (κ1) is 15.2. The van der Waals surface area contributed by atoms with Crippen molar-refractivity contribution in [2.45, 2.75) is 38.8 Å². The van der Waals surface area contributed by atoms with Crippen molar-refractivity contribution in [2.24, 2.45) is 0 Å². The van der Waals surface area contributed by atoms with Crippen LogP contribution in [0.15, 0.2) is 17.5 Å². The number of likely N-dealkylation sites (tertiary alicyclic amines) is 1. The van der Waals surface area contributed by atoms with Crippen LogP contribution >= 0.6 is 11.3 Å². The van der Waals surface area contributed by atoms with Gasteiger partial charge in [0.15, 0.2) is 5.82 Å². The molecule has 6 nitrogen and oxygen atoms in total. The highest BCUT2D eigenvalue weighted by atomic mass is 32.1. The Bertz CT molecular complexity index is 638. The van der Waals surface area contributed by atoms with Crippen LogP contribution in [0.4, 0.5) is 0 Å². The minimum absolute atomic E-state index is 0.00939. The van der Waals surface area contributed by atoms with Gasteiger partial charge in [0.05, 0.1) is 19.2 Å². The van der Waals surface area contributed by atoms with Gasteiger partial charge in [-0.3, -0.25) is 4.79 Å². The number of amides is 1. The van der Waals surface area contributed by atoms with Gasteiger partial charge in [-0.2, -0.15) is 5.10 Å². The van der Waals surface area contributed by atoms with Crippen molar-refractivity contribution < 1.29 is 9.90 Å². The molecule has 1 atom stereocenters. The molecule has 1 saturated heterocycles. The van der Waals surface area contributed by atoms with Gasteiger partial charge >= 0.3 is 0 Å². The molecule has 3 heterocycles. The van der Waals surface area contributed by atoms with E-state index in [1.165, 1.54) is 4.88 Å². The molecule has 22 heavy (non-hydrogen) atoms. The van der Waals surface area contributed by atoms with Crippen molar-refractivity contribution in [2.75, 3.05) is 13.2 Å². The molecule has 0 saturated carbocycles. The quantitative estimate of drug-likeness (QED) is 0.878. The Morgan fingerprint density at radius 1 is 1.50 bits per heavy atom. The molecule has 0 aromatic carbocycles. The van der Waals surface area contributed by atoms with Crippen molar-refractivity contribution in [3.05, 3.63) is 34.0 Å². The van der Waals surface area contributed by atoms with Gasteiger partial charge < -0.3 is 10.0 Å².